The molecular formula is C17H27N3. The molecule has 0 spiro atoms. The first-order valence-corrected chi connectivity index (χ1v) is 7.46. The summed E-state index contributed by atoms with van der Waals surface area (Å²) < 4.78 is 0. The molecule has 0 saturated heterocycles. The smallest absolute Gasteiger partial charge is 0.0448 e. The number of nitrogens with zero attached hydrogens (tertiary/aromatic N) is 2. The van der Waals surface area contributed by atoms with E-state index in [0.717, 1.165) is 31.7 Å². The summed E-state index contributed by atoms with van der Waals surface area (Å²) >= 11 is 0. The van der Waals surface area contributed by atoms with Crippen molar-refractivity contribution in [2.45, 2.75) is 40.7 Å². The number of hydrogen-bond donors (Lipinski definition) is 1. The second kappa shape index (κ2) is 5.96. The first-order chi connectivity index (χ1) is 9.41. The highest BCUT2D eigenvalue weighted by atomic mass is 15.1. The average Bonchev–Trinajstić information content (AvgIpc) is 2.40. The number of hydrogen-bond acceptors (Lipinski definition) is 3. The second-order valence-corrected chi connectivity index (χ2v) is 6.66. The van der Waals surface area contributed by atoms with Gasteiger partial charge >= 0.3 is 0 Å². The normalized spacial score (nSPS) is 16.2. The number of anilines is 1. The number of pyridine rings is 1. The van der Waals surface area contributed by atoms with E-state index >= 15 is 0 Å². The predicted octanol–water partition coefficient (Wildman–Crippen LogP) is 3.29. The zero-order chi connectivity index (χ0) is 14.8. The standard InChI is InChI=1S/C17H27N3/c1-13-10-16(14(11-18-5)12-19-13)20-8-6-15(7-9-20)17(2,3)4/h6,10,12,18H,7-9,11H2,1-5H3. The Hall–Kier alpha value is -1.35. The molecule has 0 unspecified atom stereocenters. The Morgan fingerprint density at radius 3 is 2.65 bits per heavy atom. The van der Waals surface area contributed by atoms with Gasteiger partial charge in [0.25, 0.3) is 0 Å². The van der Waals surface area contributed by atoms with Gasteiger partial charge in [-0.05, 0) is 31.9 Å². The number of nitrogens with one attached hydrogen (secondary N) is 1. The molecule has 2 heterocycles. The van der Waals surface area contributed by atoms with Gasteiger partial charge in [0, 0.05) is 42.8 Å². The summed E-state index contributed by atoms with van der Waals surface area (Å²) in [4.78, 5) is 6.89. The average molecular weight is 273 g/mol. The van der Waals surface area contributed by atoms with E-state index in [1.807, 2.05) is 13.2 Å². The number of aromatic nitrogens is 1. The summed E-state index contributed by atoms with van der Waals surface area (Å²) in [5, 5.41) is 3.23. The van der Waals surface area contributed by atoms with Crippen molar-refractivity contribution < 1.29 is 0 Å². The molecule has 0 aromatic carbocycles. The maximum absolute atomic E-state index is 4.43. The lowest BCUT2D eigenvalue weighted by atomic mass is 9.83. The van der Waals surface area contributed by atoms with Gasteiger partial charge < -0.3 is 10.2 Å². The van der Waals surface area contributed by atoms with Crippen molar-refractivity contribution in [2.24, 2.45) is 5.41 Å². The minimum absolute atomic E-state index is 0.300. The summed E-state index contributed by atoms with van der Waals surface area (Å²) in [6.45, 7) is 11.9. The predicted molar refractivity (Wildman–Crippen MR) is 86.1 cm³/mol. The molecule has 0 radical (unpaired) electrons. The Kier molecular flexibility index (Phi) is 4.48. The van der Waals surface area contributed by atoms with Gasteiger partial charge in [0.15, 0.2) is 0 Å². The molecule has 2 rings (SSSR count). The van der Waals surface area contributed by atoms with E-state index in [4.69, 9.17) is 0 Å². The summed E-state index contributed by atoms with van der Waals surface area (Å²) in [7, 11) is 1.98. The van der Waals surface area contributed by atoms with Crippen LogP contribution in [-0.4, -0.2) is 25.1 Å². The molecule has 3 nitrogen and oxygen atoms in total. The maximum atomic E-state index is 4.43. The van der Waals surface area contributed by atoms with E-state index in [1.54, 1.807) is 5.57 Å². The third-order valence-electron chi connectivity index (χ3n) is 3.98. The molecule has 1 N–H and O–H groups in total. The van der Waals surface area contributed by atoms with Gasteiger partial charge in [0.2, 0.25) is 0 Å². The van der Waals surface area contributed by atoms with Crippen molar-refractivity contribution in [3.8, 4) is 0 Å². The minimum Gasteiger partial charge on any atom is -0.367 e. The second-order valence-electron chi connectivity index (χ2n) is 6.66. The van der Waals surface area contributed by atoms with E-state index in [1.165, 1.54) is 11.3 Å². The highest BCUT2D eigenvalue weighted by Gasteiger charge is 2.22. The van der Waals surface area contributed by atoms with Gasteiger partial charge in [-0.25, -0.2) is 0 Å². The van der Waals surface area contributed by atoms with E-state index in [2.05, 4.69) is 55.0 Å². The highest BCUT2D eigenvalue weighted by molar-refractivity contribution is 5.55. The number of rotatable bonds is 3. The van der Waals surface area contributed by atoms with Crippen molar-refractivity contribution in [2.75, 3.05) is 25.0 Å². The molecule has 0 aliphatic carbocycles. The van der Waals surface area contributed by atoms with Crippen molar-refractivity contribution in [1.29, 1.82) is 0 Å². The minimum atomic E-state index is 0.300. The molecule has 0 saturated carbocycles. The van der Waals surface area contributed by atoms with Crippen LogP contribution in [0.3, 0.4) is 0 Å². The number of aryl methyl sites for hydroxylation is 1. The van der Waals surface area contributed by atoms with Crippen LogP contribution in [0, 0.1) is 12.3 Å². The summed E-state index contributed by atoms with van der Waals surface area (Å²) in [6, 6.07) is 2.21. The molecule has 0 bridgehead atoms. The Morgan fingerprint density at radius 1 is 1.35 bits per heavy atom. The fourth-order valence-corrected chi connectivity index (χ4v) is 2.76. The fourth-order valence-electron chi connectivity index (χ4n) is 2.76. The van der Waals surface area contributed by atoms with Crippen LogP contribution >= 0.6 is 0 Å². The quantitative estimate of drug-likeness (QED) is 0.857. The van der Waals surface area contributed by atoms with E-state index < -0.39 is 0 Å². The molecule has 1 aromatic heterocycles. The zero-order valence-corrected chi connectivity index (χ0v) is 13.5. The van der Waals surface area contributed by atoms with Gasteiger partial charge in [-0.2, -0.15) is 0 Å². The van der Waals surface area contributed by atoms with Gasteiger partial charge in [0.1, 0.15) is 0 Å². The lowest BCUT2D eigenvalue weighted by Crippen LogP contribution is -2.32. The van der Waals surface area contributed by atoms with Crippen LogP contribution in [0.2, 0.25) is 0 Å². The SMILES string of the molecule is CNCc1cnc(C)cc1N1CC=C(C(C)(C)C)CC1. The highest BCUT2D eigenvalue weighted by Crippen LogP contribution is 2.32. The van der Waals surface area contributed by atoms with Crippen LogP contribution in [0.5, 0.6) is 0 Å². The summed E-state index contributed by atoms with van der Waals surface area (Å²) in [5.41, 5.74) is 5.58. The van der Waals surface area contributed by atoms with Crippen LogP contribution in [0.15, 0.2) is 23.9 Å². The van der Waals surface area contributed by atoms with E-state index in [0.29, 0.717) is 5.41 Å². The molecule has 0 amide bonds. The monoisotopic (exact) mass is 273 g/mol. The Morgan fingerprint density at radius 2 is 2.10 bits per heavy atom. The molecular weight excluding hydrogens is 246 g/mol. The van der Waals surface area contributed by atoms with E-state index in [-0.39, 0.29) is 0 Å². The van der Waals surface area contributed by atoms with Gasteiger partial charge in [-0.1, -0.05) is 32.4 Å². The van der Waals surface area contributed by atoms with Crippen molar-refractivity contribution in [1.82, 2.24) is 10.3 Å². The fraction of sp³-hybridized carbons (Fsp3) is 0.588. The Bertz CT molecular complexity index is 497. The molecule has 1 aliphatic rings. The molecule has 0 atom stereocenters. The molecule has 20 heavy (non-hydrogen) atoms. The van der Waals surface area contributed by atoms with Crippen molar-refractivity contribution in [3.63, 3.8) is 0 Å². The van der Waals surface area contributed by atoms with Crippen LogP contribution in [0.4, 0.5) is 5.69 Å². The lowest BCUT2D eigenvalue weighted by Gasteiger charge is -2.34. The molecule has 1 aromatic rings. The van der Waals surface area contributed by atoms with Crippen LogP contribution < -0.4 is 10.2 Å². The van der Waals surface area contributed by atoms with Crippen LogP contribution in [-0.2, 0) is 6.54 Å². The van der Waals surface area contributed by atoms with Gasteiger partial charge in [-0.15, -0.1) is 0 Å². The van der Waals surface area contributed by atoms with Crippen LogP contribution in [0.25, 0.3) is 0 Å². The molecule has 0 fully saturated rings. The Labute approximate surface area is 123 Å². The summed E-state index contributed by atoms with van der Waals surface area (Å²) in [5.74, 6) is 0. The van der Waals surface area contributed by atoms with E-state index in [9.17, 15) is 0 Å². The molecule has 1 aliphatic heterocycles. The molecule has 3 heteroatoms. The molecule has 110 valence electrons. The summed E-state index contributed by atoms with van der Waals surface area (Å²) in [6.07, 6.45) is 5.57. The maximum Gasteiger partial charge on any atom is 0.0448 e. The Balaban J connectivity index is 2.22. The van der Waals surface area contributed by atoms with Gasteiger partial charge in [-0.3, -0.25) is 4.98 Å². The lowest BCUT2D eigenvalue weighted by molar-refractivity contribution is 0.472. The first kappa shape index (κ1) is 15.0. The zero-order valence-electron chi connectivity index (χ0n) is 13.5. The van der Waals surface area contributed by atoms with Crippen molar-refractivity contribution >= 4 is 5.69 Å². The van der Waals surface area contributed by atoms with Crippen LogP contribution in [0.1, 0.15) is 38.4 Å². The first-order valence-electron chi connectivity index (χ1n) is 7.46. The van der Waals surface area contributed by atoms with Gasteiger partial charge in [0.05, 0.1) is 0 Å². The third kappa shape index (κ3) is 3.40. The topological polar surface area (TPSA) is 28.2 Å². The van der Waals surface area contributed by atoms with Crippen molar-refractivity contribution in [3.05, 3.63) is 35.2 Å². The largest absolute Gasteiger partial charge is 0.367 e. The third-order valence-corrected chi connectivity index (χ3v) is 3.98.